The van der Waals surface area contributed by atoms with Crippen LogP contribution in [0.25, 0.3) is 0 Å². The van der Waals surface area contributed by atoms with E-state index in [-0.39, 0.29) is 29.9 Å². The minimum atomic E-state index is 0. The predicted molar refractivity (Wildman–Crippen MR) is 122 cm³/mol. The number of piperidine rings is 1. The van der Waals surface area contributed by atoms with Crippen molar-refractivity contribution in [2.24, 2.45) is 16.8 Å². The second-order valence-electron chi connectivity index (χ2n) is 6.89. The third-order valence-corrected chi connectivity index (χ3v) is 5.58. The van der Waals surface area contributed by atoms with Crippen molar-refractivity contribution >= 4 is 47.2 Å². The number of carbonyl (C=O) groups excluding carboxylic acids is 1. The zero-order valence-corrected chi connectivity index (χ0v) is 19.3. The molecule has 1 amide bonds. The van der Waals surface area contributed by atoms with Crippen molar-refractivity contribution in [1.29, 1.82) is 0 Å². The highest BCUT2D eigenvalue weighted by atomic mass is 127. The minimum Gasteiger partial charge on any atom is -0.359 e. The van der Waals surface area contributed by atoms with Gasteiger partial charge in [0.1, 0.15) is 0 Å². The van der Waals surface area contributed by atoms with Gasteiger partial charge in [-0.2, -0.15) is 0 Å². The van der Waals surface area contributed by atoms with Crippen molar-refractivity contribution in [3.63, 3.8) is 0 Å². The summed E-state index contributed by atoms with van der Waals surface area (Å²) in [6, 6.07) is 4.32. The zero-order chi connectivity index (χ0) is 18.1. The van der Waals surface area contributed by atoms with E-state index in [0.29, 0.717) is 18.3 Å². The van der Waals surface area contributed by atoms with Crippen LogP contribution in [-0.4, -0.2) is 50.0 Å². The first-order chi connectivity index (χ1) is 12.1. The van der Waals surface area contributed by atoms with Gasteiger partial charge < -0.3 is 15.5 Å². The van der Waals surface area contributed by atoms with E-state index < -0.39 is 0 Å². The van der Waals surface area contributed by atoms with Gasteiger partial charge >= 0.3 is 0 Å². The molecule has 148 valence electrons. The van der Waals surface area contributed by atoms with Gasteiger partial charge in [0.2, 0.25) is 5.91 Å². The Morgan fingerprint density at radius 1 is 1.42 bits per heavy atom. The molecule has 0 radical (unpaired) electrons. The highest BCUT2D eigenvalue weighted by molar-refractivity contribution is 14.0. The summed E-state index contributed by atoms with van der Waals surface area (Å²) in [4.78, 5) is 20.2. The van der Waals surface area contributed by atoms with E-state index in [4.69, 9.17) is 4.99 Å². The quantitative estimate of drug-likeness (QED) is 0.349. The first-order valence-corrected chi connectivity index (χ1v) is 10.3. The molecule has 0 saturated carbocycles. The first kappa shape index (κ1) is 23.2. The SMILES string of the molecule is CCNC(=NCC(C)Cc1cccs1)N1CCC(CC(=O)NC)CC1.I. The van der Waals surface area contributed by atoms with Gasteiger partial charge in [-0.05, 0) is 49.5 Å². The van der Waals surface area contributed by atoms with Gasteiger partial charge in [0, 0.05) is 44.5 Å². The van der Waals surface area contributed by atoms with E-state index >= 15 is 0 Å². The lowest BCUT2D eigenvalue weighted by Crippen LogP contribution is -2.46. The second kappa shape index (κ2) is 12.5. The van der Waals surface area contributed by atoms with Gasteiger partial charge in [0.25, 0.3) is 0 Å². The van der Waals surface area contributed by atoms with E-state index in [1.807, 2.05) is 11.3 Å². The van der Waals surface area contributed by atoms with Gasteiger partial charge in [0.15, 0.2) is 5.96 Å². The van der Waals surface area contributed by atoms with Crippen molar-refractivity contribution in [2.75, 3.05) is 33.2 Å². The largest absolute Gasteiger partial charge is 0.359 e. The summed E-state index contributed by atoms with van der Waals surface area (Å²) < 4.78 is 0. The standard InChI is InChI=1S/C19H32N4OS.HI/c1-4-21-19(22-14-15(2)12-17-6-5-11-25-17)23-9-7-16(8-10-23)13-18(24)20-3;/h5-6,11,15-16H,4,7-10,12-14H2,1-3H3,(H,20,24)(H,21,22);1H. The lowest BCUT2D eigenvalue weighted by molar-refractivity contribution is -0.121. The van der Waals surface area contributed by atoms with Gasteiger partial charge in [-0.1, -0.05) is 13.0 Å². The fourth-order valence-corrected chi connectivity index (χ4v) is 4.09. The molecule has 1 fully saturated rings. The number of nitrogens with zero attached hydrogens (tertiary/aromatic N) is 2. The third kappa shape index (κ3) is 7.82. The minimum absolute atomic E-state index is 0. The molecule has 1 atom stereocenters. The Morgan fingerprint density at radius 3 is 2.73 bits per heavy atom. The van der Waals surface area contributed by atoms with Crippen molar-refractivity contribution < 1.29 is 4.79 Å². The summed E-state index contributed by atoms with van der Waals surface area (Å²) in [6.45, 7) is 8.07. The average Bonchev–Trinajstić information content (AvgIpc) is 3.12. The maximum atomic E-state index is 11.5. The lowest BCUT2D eigenvalue weighted by atomic mass is 9.93. The number of hydrogen-bond donors (Lipinski definition) is 2. The molecule has 1 aromatic heterocycles. The van der Waals surface area contributed by atoms with Crippen LogP contribution < -0.4 is 10.6 Å². The molecule has 2 heterocycles. The Kier molecular flexibility index (Phi) is 11.2. The molecule has 7 heteroatoms. The molecule has 26 heavy (non-hydrogen) atoms. The van der Waals surface area contributed by atoms with Gasteiger partial charge in [-0.3, -0.25) is 9.79 Å². The van der Waals surface area contributed by atoms with Crippen molar-refractivity contribution in [3.05, 3.63) is 22.4 Å². The summed E-state index contributed by atoms with van der Waals surface area (Å²) >= 11 is 1.82. The molecule has 1 saturated heterocycles. The number of carbonyl (C=O) groups is 1. The van der Waals surface area contributed by atoms with E-state index in [1.165, 1.54) is 4.88 Å². The van der Waals surface area contributed by atoms with Crippen molar-refractivity contribution in [2.45, 2.75) is 39.5 Å². The number of thiophene rings is 1. The maximum absolute atomic E-state index is 11.5. The predicted octanol–water partition coefficient (Wildman–Crippen LogP) is 3.36. The van der Waals surface area contributed by atoms with Crippen LogP contribution >= 0.6 is 35.3 Å². The number of guanidine groups is 1. The number of amides is 1. The summed E-state index contributed by atoms with van der Waals surface area (Å²) in [7, 11) is 1.71. The van der Waals surface area contributed by atoms with Crippen LogP contribution in [0.1, 0.15) is 38.0 Å². The molecular formula is C19H33IN4OS. The molecule has 1 aliphatic heterocycles. The topological polar surface area (TPSA) is 56.7 Å². The molecular weight excluding hydrogens is 459 g/mol. The van der Waals surface area contributed by atoms with Gasteiger partial charge in [-0.25, -0.2) is 0 Å². The molecule has 0 spiro atoms. The molecule has 2 N–H and O–H groups in total. The molecule has 1 aromatic rings. The Morgan fingerprint density at radius 2 is 2.15 bits per heavy atom. The fourth-order valence-electron chi connectivity index (χ4n) is 3.22. The third-order valence-electron chi connectivity index (χ3n) is 4.68. The molecule has 0 bridgehead atoms. The van der Waals surface area contributed by atoms with Crippen LogP contribution in [0.2, 0.25) is 0 Å². The highest BCUT2D eigenvalue weighted by Gasteiger charge is 2.23. The van der Waals surface area contributed by atoms with Crippen LogP contribution in [0.4, 0.5) is 0 Å². The van der Waals surface area contributed by atoms with E-state index in [1.54, 1.807) is 7.05 Å². The number of halogens is 1. The number of hydrogen-bond acceptors (Lipinski definition) is 3. The first-order valence-electron chi connectivity index (χ1n) is 9.38. The van der Waals surface area contributed by atoms with E-state index in [9.17, 15) is 4.79 Å². The number of nitrogens with one attached hydrogen (secondary N) is 2. The molecule has 0 aromatic carbocycles. The summed E-state index contributed by atoms with van der Waals surface area (Å²) in [5.41, 5.74) is 0. The lowest BCUT2D eigenvalue weighted by Gasteiger charge is -2.34. The Balaban J connectivity index is 0.00000338. The van der Waals surface area contributed by atoms with Gasteiger partial charge in [0.05, 0.1) is 0 Å². The van der Waals surface area contributed by atoms with E-state index in [0.717, 1.165) is 51.4 Å². The highest BCUT2D eigenvalue weighted by Crippen LogP contribution is 2.21. The molecule has 2 rings (SSSR count). The second-order valence-corrected chi connectivity index (χ2v) is 7.92. The van der Waals surface area contributed by atoms with Crippen LogP contribution in [0.3, 0.4) is 0 Å². The number of aliphatic imine (C=N–C) groups is 1. The van der Waals surface area contributed by atoms with Crippen molar-refractivity contribution in [1.82, 2.24) is 15.5 Å². The maximum Gasteiger partial charge on any atom is 0.220 e. The molecule has 0 aliphatic carbocycles. The normalized spacial score (nSPS) is 16.7. The Labute approximate surface area is 179 Å². The molecule has 1 aliphatic rings. The summed E-state index contributed by atoms with van der Waals surface area (Å²) in [5.74, 6) is 2.22. The summed E-state index contributed by atoms with van der Waals surface area (Å²) in [6.07, 6.45) is 3.86. The Bertz CT molecular complexity index is 542. The summed E-state index contributed by atoms with van der Waals surface area (Å²) in [5, 5.41) is 8.30. The smallest absolute Gasteiger partial charge is 0.220 e. The zero-order valence-electron chi connectivity index (χ0n) is 16.2. The fraction of sp³-hybridized carbons (Fsp3) is 0.684. The monoisotopic (exact) mass is 492 g/mol. The van der Waals surface area contributed by atoms with E-state index in [2.05, 4.69) is 46.9 Å². The molecule has 5 nitrogen and oxygen atoms in total. The van der Waals surface area contributed by atoms with Crippen LogP contribution in [-0.2, 0) is 11.2 Å². The number of rotatable bonds is 7. The Hall–Kier alpha value is -0.830. The van der Waals surface area contributed by atoms with Crippen molar-refractivity contribution in [3.8, 4) is 0 Å². The molecule has 1 unspecified atom stereocenters. The average molecular weight is 492 g/mol. The van der Waals surface area contributed by atoms with Gasteiger partial charge in [-0.15, -0.1) is 35.3 Å². The van der Waals surface area contributed by atoms with Crippen LogP contribution in [0.15, 0.2) is 22.5 Å². The van der Waals surface area contributed by atoms with Crippen LogP contribution in [0.5, 0.6) is 0 Å². The van der Waals surface area contributed by atoms with Crippen LogP contribution in [0, 0.1) is 11.8 Å². The number of likely N-dealkylation sites (tertiary alicyclic amines) is 1.